The quantitative estimate of drug-likeness (QED) is 0.600. The number of rotatable bonds is 5. The third-order valence-corrected chi connectivity index (χ3v) is 5.37. The Balaban J connectivity index is 1.88. The second kappa shape index (κ2) is 7.09. The molecule has 134 valence electrons. The highest BCUT2D eigenvalue weighted by Gasteiger charge is 2.46. The molecule has 2 aliphatic rings. The fourth-order valence-electron chi connectivity index (χ4n) is 3.77. The monoisotopic (exact) mass is 327 g/mol. The number of likely N-dealkylation sites (N-methyl/N-ethyl adjacent to an activating group) is 1. The first-order chi connectivity index (χ1) is 10.7. The van der Waals surface area contributed by atoms with Crippen molar-refractivity contribution in [1.29, 1.82) is 0 Å². The molecule has 2 unspecified atom stereocenters. The lowest BCUT2D eigenvalue weighted by atomic mass is 9.71. The van der Waals surface area contributed by atoms with Crippen LogP contribution in [0.5, 0.6) is 0 Å². The van der Waals surface area contributed by atoms with Gasteiger partial charge in [0.05, 0.1) is 12.7 Å². The Kier molecular flexibility index (Phi) is 5.77. The van der Waals surface area contributed by atoms with Gasteiger partial charge in [0.15, 0.2) is 12.0 Å². The lowest BCUT2D eigenvalue weighted by Crippen LogP contribution is -2.43. The predicted octanol–water partition coefficient (Wildman–Crippen LogP) is 3.05. The average molecular weight is 327 g/mol. The van der Waals surface area contributed by atoms with Crippen molar-refractivity contribution >= 4 is 0 Å². The zero-order valence-electron chi connectivity index (χ0n) is 15.0. The Morgan fingerprint density at radius 1 is 1.35 bits per heavy atom. The zero-order chi connectivity index (χ0) is 17.3. The van der Waals surface area contributed by atoms with E-state index in [0.717, 1.165) is 25.7 Å². The van der Waals surface area contributed by atoms with E-state index in [9.17, 15) is 10.2 Å². The minimum absolute atomic E-state index is 0.0739. The van der Waals surface area contributed by atoms with Crippen molar-refractivity contribution < 1.29 is 19.7 Å². The van der Waals surface area contributed by atoms with Gasteiger partial charge in [0.25, 0.3) is 0 Å². The highest BCUT2D eigenvalue weighted by atomic mass is 16.7. The van der Waals surface area contributed by atoms with Crippen LogP contribution in [0.2, 0.25) is 0 Å². The summed E-state index contributed by atoms with van der Waals surface area (Å²) in [5.41, 5.74) is 0.338. The van der Waals surface area contributed by atoms with Crippen LogP contribution in [0, 0.1) is 11.3 Å². The largest absolute Gasteiger partial charge is 0.509 e. The van der Waals surface area contributed by atoms with Gasteiger partial charge in [-0.2, -0.15) is 0 Å². The van der Waals surface area contributed by atoms with Crippen LogP contribution >= 0.6 is 0 Å². The molecule has 1 saturated carbocycles. The van der Waals surface area contributed by atoms with E-state index < -0.39 is 12.0 Å². The van der Waals surface area contributed by atoms with Gasteiger partial charge in [0.1, 0.15) is 5.76 Å². The molecule has 2 rings (SSSR count). The SMILES string of the molecule is C=C(O)C(O)N(CC)CC1COC2(CCC(C(C)(C)C)CC2)O1. The van der Waals surface area contributed by atoms with Crippen molar-refractivity contribution in [2.45, 2.75) is 71.5 Å². The molecule has 2 fully saturated rings. The number of aliphatic hydroxyl groups is 2. The van der Waals surface area contributed by atoms with E-state index in [1.54, 1.807) is 4.90 Å². The van der Waals surface area contributed by atoms with Crippen molar-refractivity contribution in [3.8, 4) is 0 Å². The van der Waals surface area contributed by atoms with E-state index in [1.807, 2.05) is 6.92 Å². The number of aliphatic hydroxyl groups excluding tert-OH is 2. The zero-order valence-corrected chi connectivity index (χ0v) is 15.0. The van der Waals surface area contributed by atoms with E-state index in [2.05, 4.69) is 27.4 Å². The topological polar surface area (TPSA) is 62.2 Å². The van der Waals surface area contributed by atoms with E-state index in [4.69, 9.17) is 9.47 Å². The molecule has 2 N–H and O–H groups in total. The molecule has 0 amide bonds. The third-order valence-electron chi connectivity index (χ3n) is 5.37. The maximum atomic E-state index is 9.95. The molecule has 0 bridgehead atoms. The Hall–Kier alpha value is -0.620. The predicted molar refractivity (Wildman–Crippen MR) is 90.0 cm³/mol. The average Bonchev–Trinajstić information content (AvgIpc) is 2.86. The van der Waals surface area contributed by atoms with E-state index in [0.29, 0.717) is 31.0 Å². The maximum Gasteiger partial charge on any atom is 0.168 e. The molecule has 2 atom stereocenters. The Morgan fingerprint density at radius 3 is 2.43 bits per heavy atom. The lowest BCUT2D eigenvalue weighted by Gasteiger charge is -2.41. The first-order valence-corrected chi connectivity index (χ1v) is 8.78. The van der Waals surface area contributed by atoms with Crippen molar-refractivity contribution in [3.63, 3.8) is 0 Å². The minimum atomic E-state index is -1.04. The van der Waals surface area contributed by atoms with Crippen molar-refractivity contribution in [1.82, 2.24) is 4.90 Å². The molecule has 1 spiro atoms. The first-order valence-electron chi connectivity index (χ1n) is 8.78. The molecule has 0 radical (unpaired) electrons. The highest BCUT2D eigenvalue weighted by molar-refractivity contribution is 4.92. The summed E-state index contributed by atoms with van der Waals surface area (Å²) in [5, 5.41) is 19.3. The summed E-state index contributed by atoms with van der Waals surface area (Å²) in [7, 11) is 0. The summed E-state index contributed by atoms with van der Waals surface area (Å²) in [4.78, 5) is 1.75. The van der Waals surface area contributed by atoms with Crippen LogP contribution in [0.25, 0.3) is 0 Å². The molecule has 23 heavy (non-hydrogen) atoms. The summed E-state index contributed by atoms with van der Waals surface area (Å²) in [6, 6.07) is 0. The molecule has 5 nitrogen and oxygen atoms in total. The molecule has 1 saturated heterocycles. The maximum absolute atomic E-state index is 9.95. The normalized spacial score (nSPS) is 33.3. The molecule has 1 heterocycles. The van der Waals surface area contributed by atoms with Crippen LogP contribution in [0.15, 0.2) is 12.3 Å². The fourth-order valence-corrected chi connectivity index (χ4v) is 3.77. The Labute approximate surface area is 140 Å². The van der Waals surface area contributed by atoms with Gasteiger partial charge in [0.2, 0.25) is 0 Å². The number of hydrogen-bond donors (Lipinski definition) is 2. The fraction of sp³-hybridized carbons (Fsp3) is 0.889. The van der Waals surface area contributed by atoms with Gasteiger partial charge in [-0.15, -0.1) is 0 Å². The van der Waals surface area contributed by atoms with Crippen LogP contribution in [-0.2, 0) is 9.47 Å². The summed E-state index contributed by atoms with van der Waals surface area (Å²) < 4.78 is 12.3. The minimum Gasteiger partial charge on any atom is -0.509 e. The molecule has 1 aliphatic heterocycles. The standard InChI is InChI=1S/C18H33NO4/c1-6-19(16(21)13(2)20)11-15-12-22-18(23-15)9-7-14(8-10-18)17(3,4)5/h14-16,20-21H,2,6-12H2,1,3-5H3. The second-order valence-electron chi connectivity index (χ2n) is 8.05. The van der Waals surface area contributed by atoms with Gasteiger partial charge in [-0.1, -0.05) is 34.3 Å². The summed E-state index contributed by atoms with van der Waals surface area (Å²) >= 11 is 0. The van der Waals surface area contributed by atoms with Crippen molar-refractivity contribution in [2.75, 3.05) is 19.7 Å². The molecule has 5 heteroatoms. The summed E-state index contributed by atoms with van der Waals surface area (Å²) in [5.74, 6) is 0.0460. The van der Waals surface area contributed by atoms with Crippen LogP contribution in [0.1, 0.15) is 53.4 Å². The molecular weight excluding hydrogens is 294 g/mol. The number of nitrogens with zero attached hydrogens (tertiary/aromatic N) is 1. The van der Waals surface area contributed by atoms with Gasteiger partial charge >= 0.3 is 0 Å². The van der Waals surface area contributed by atoms with E-state index in [-0.39, 0.29) is 11.9 Å². The van der Waals surface area contributed by atoms with Crippen LogP contribution < -0.4 is 0 Å². The van der Waals surface area contributed by atoms with Crippen molar-refractivity contribution in [2.24, 2.45) is 11.3 Å². The van der Waals surface area contributed by atoms with Gasteiger partial charge in [-0.3, -0.25) is 4.90 Å². The van der Waals surface area contributed by atoms with Gasteiger partial charge in [-0.05, 0) is 30.7 Å². The van der Waals surface area contributed by atoms with Crippen LogP contribution in [-0.4, -0.2) is 52.9 Å². The number of ether oxygens (including phenoxy) is 2. The van der Waals surface area contributed by atoms with Crippen LogP contribution in [0.3, 0.4) is 0 Å². The molecule has 1 aliphatic carbocycles. The molecule has 0 aromatic rings. The third kappa shape index (κ3) is 4.47. The van der Waals surface area contributed by atoms with Gasteiger partial charge < -0.3 is 19.7 Å². The Bertz CT molecular complexity index is 410. The number of hydrogen-bond acceptors (Lipinski definition) is 5. The molecule has 0 aromatic heterocycles. The van der Waals surface area contributed by atoms with Gasteiger partial charge in [-0.25, -0.2) is 0 Å². The Morgan fingerprint density at radius 2 is 1.96 bits per heavy atom. The molecule has 0 aromatic carbocycles. The smallest absolute Gasteiger partial charge is 0.168 e. The summed E-state index contributed by atoms with van der Waals surface area (Å²) in [6.07, 6.45) is 3.01. The van der Waals surface area contributed by atoms with Crippen molar-refractivity contribution in [3.05, 3.63) is 12.3 Å². The van der Waals surface area contributed by atoms with E-state index in [1.165, 1.54) is 0 Å². The lowest BCUT2D eigenvalue weighted by molar-refractivity contribution is -0.199. The van der Waals surface area contributed by atoms with Crippen LogP contribution in [0.4, 0.5) is 0 Å². The van der Waals surface area contributed by atoms with E-state index >= 15 is 0 Å². The molecular formula is C18H33NO4. The second-order valence-corrected chi connectivity index (χ2v) is 8.05. The highest BCUT2D eigenvalue weighted by Crippen LogP contribution is 2.45. The first kappa shape index (κ1) is 18.7. The van der Waals surface area contributed by atoms with Gasteiger partial charge in [0, 0.05) is 19.4 Å². The summed E-state index contributed by atoms with van der Waals surface area (Å²) in [6.45, 7) is 13.9.